The number of Topliss-reactive ketones (excluding diaryl/α,β-unsaturated/α-hetero) is 1. The third-order valence-corrected chi connectivity index (χ3v) is 8.78. The lowest BCUT2D eigenvalue weighted by atomic mass is 9.81. The van der Waals surface area contributed by atoms with Crippen LogP contribution in [0, 0.1) is 5.92 Å². The SMILES string of the molecule is C=C(CCNC(=C)c1ccc(C(CC(=O)c2ccc(C3CCCCC3)cc2)C(=C)c2ccc(CC(C)C)cc2)cc1)OC. The molecule has 4 rings (SSSR count). The van der Waals surface area contributed by atoms with Gasteiger partial charge in [-0.3, -0.25) is 4.79 Å². The number of hydrogen-bond acceptors (Lipinski definition) is 3. The minimum atomic E-state index is -0.137. The summed E-state index contributed by atoms with van der Waals surface area (Å²) in [6.45, 7) is 17.8. The average Bonchev–Trinajstić information content (AvgIpc) is 3.03. The highest BCUT2D eigenvalue weighted by Crippen LogP contribution is 2.36. The van der Waals surface area contributed by atoms with Gasteiger partial charge in [0.1, 0.15) is 0 Å². The van der Waals surface area contributed by atoms with Crippen molar-refractivity contribution in [1.82, 2.24) is 5.32 Å². The van der Waals surface area contributed by atoms with Crippen molar-refractivity contribution in [3.05, 3.63) is 132 Å². The molecule has 1 unspecified atom stereocenters. The second kappa shape index (κ2) is 15.6. The van der Waals surface area contributed by atoms with Gasteiger partial charge in [0.2, 0.25) is 0 Å². The summed E-state index contributed by atoms with van der Waals surface area (Å²) in [5, 5.41) is 3.35. The standard InChI is InChI=1S/C40H49NO2/c1-28(2)26-32-12-14-33(15-13-32)30(4)39(37-20-16-34(17-21-37)31(5)41-25-24-29(3)43-6)27-40(42)38-22-18-36(19-23-38)35-10-8-7-9-11-35/h12-23,28,35,39,41H,3-5,7-11,24-27H2,1-2,6H3. The summed E-state index contributed by atoms with van der Waals surface area (Å²) in [6.07, 6.45) is 8.59. The Labute approximate surface area is 259 Å². The molecule has 1 fully saturated rings. The first-order valence-electron chi connectivity index (χ1n) is 15.9. The first-order valence-corrected chi connectivity index (χ1v) is 15.9. The zero-order chi connectivity index (χ0) is 30.8. The highest BCUT2D eigenvalue weighted by atomic mass is 16.5. The molecule has 0 bridgehead atoms. The van der Waals surface area contributed by atoms with Gasteiger partial charge in [0.05, 0.1) is 12.9 Å². The van der Waals surface area contributed by atoms with Crippen LogP contribution in [0.4, 0.5) is 0 Å². The maximum absolute atomic E-state index is 13.7. The van der Waals surface area contributed by atoms with E-state index in [9.17, 15) is 4.79 Å². The van der Waals surface area contributed by atoms with Crippen LogP contribution < -0.4 is 5.32 Å². The molecule has 3 aromatic carbocycles. The van der Waals surface area contributed by atoms with Crippen molar-refractivity contribution in [1.29, 1.82) is 0 Å². The number of carbonyl (C=O) groups excluding carboxylic acids is 1. The number of nitrogens with one attached hydrogen (secondary N) is 1. The van der Waals surface area contributed by atoms with Gasteiger partial charge in [0.15, 0.2) is 5.78 Å². The molecular formula is C40H49NO2. The Morgan fingerprint density at radius 2 is 1.44 bits per heavy atom. The summed E-state index contributed by atoms with van der Waals surface area (Å²) in [7, 11) is 1.64. The fourth-order valence-electron chi connectivity index (χ4n) is 6.12. The van der Waals surface area contributed by atoms with E-state index in [4.69, 9.17) is 4.74 Å². The summed E-state index contributed by atoms with van der Waals surface area (Å²) in [5.41, 5.74) is 8.44. The van der Waals surface area contributed by atoms with Gasteiger partial charge in [-0.1, -0.05) is 126 Å². The molecule has 0 aromatic heterocycles. The molecule has 0 radical (unpaired) electrons. The second-order valence-electron chi connectivity index (χ2n) is 12.5. The normalized spacial score (nSPS) is 14.2. The van der Waals surface area contributed by atoms with E-state index in [0.29, 0.717) is 24.8 Å². The molecule has 3 aromatic rings. The number of hydrogen-bond donors (Lipinski definition) is 1. The zero-order valence-corrected chi connectivity index (χ0v) is 26.5. The third kappa shape index (κ3) is 9.07. The first kappa shape index (κ1) is 32.1. The fraction of sp³-hybridized carbons (Fsp3) is 0.375. The molecule has 3 heteroatoms. The Bertz CT molecular complexity index is 1370. The summed E-state index contributed by atoms with van der Waals surface area (Å²) >= 11 is 0. The van der Waals surface area contributed by atoms with E-state index in [0.717, 1.165) is 52.1 Å². The topological polar surface area (TPSA) is 38.3 Å². The largest absolute Gasteiger partial charge is 0.502 e. The number of rotatable bonds is 15. The van der Waals surface area contributed by atoms with Gasteiger partial charge in [0, 0.05) is 36.6 Å². The molecule has 226 valence electrons. The van der Waals surface area contributed by atoms with Crippen LogP contribution in [0.5, 0.6) is 0 Å². The van der Waals surface area contributed by atoms with Crippen LogP contribution in [0.1, 0.15) is 109 Å². The Morgan fingerprint density at radius 1 is 0.837 bits per heavy atom. The summed E-state index contributed by atoms with van der Waals surface area (Å²) < 4.78 is 5.16. The summed E-state index contributed by atoms with van der Waals surface area (Å²) in [4.78, 5) is 13.7. The van der Waals surface area contributed by atoms with Crippen LogP contribution >= 0.6 is 0 Å². The molecule has 43 heavy (non-hydrogen) atoms. The number of ketones is 1. The molecule has 0 heterocycles. The highest BCUT2D eigenvalue weighted by molar-refractivity contribution is 5.98. The van der Waals surface area contributed by atoms with Crippen molar-refractivity contribution < 1.29 is 9.53 Å². The van der Waals surface area contributed by atoms with Crippen LogP contribution in [0.3, 0.4) is 0 Å². The van der Waals surface area contributed by atoms with Crippen LogP contribution in [0.2, 0.25) is 0 Å². The highest BCUT2D eigenvalue weighted by Gasteiger charge is 2.22. The Hall–Kier alpha value is -3.85. The number of allylic oxidation sites excluding steroid dienone is 1. The monoisotopic (exact) mass is 575 g/mol. The smallest absolute Gasteiger partial charge is 0.163 e. The van der Waals surface area contributed by atoms with E-state index < -0.39 is 0 Å². The minimum absolute atomic E-state index is 0.137. The molecule has 1 N–H and O–H groups in total. The van der Waals surface area contributed by atoms with Gasteiger partial charge >= 0.3 is 0 Å². The molecule has 1 aliphatic rings. The number of benzene rings is 3. The lowest BCUT2D eigenvalue weighted by molar-refractivity contribution is 0.0979. The van der Waals surface area contributed by atoms with E-state index in [-0.39, 0.29) is 11.7 Å². The number of ether oxygens (including phenoxy) is 1. The van der Waals surface area contributed by atoms with E-state index in [1.54, 1.807) is 7.11 Å². The van der Waals surface area contributed by atoms with Crippen molar-refractivity contribution in [3.8, 4) is 0 Å². The molecule has 1 saturated carbocycles. The van der Waals surface area contributed by atoms with Crippen molar-refractivity contribution >= 4 is 17.1 Å². The lowest BCUT2D eigenvalue weighted by Crippen LogP contribution is -2.14. The van der Waals surface area contributed by atoms with Gasteiger partial charge in [0.25, 0.3) is 0 Å². The van der Waals surface area contributed by atoms with Gasteiger partial charge < -0.3 is 10.1 Å². The van der Waals surface area contributed by atoms with Gasteiger partial charge in [-0.25, -0.2) is 0 Å². The summed E-state index contributed by atoms with van der Waals surface area (Å²) in [6, 6.07) is 25.5. The van der Waals surface area contributed by atoms with E-state index in [2.05, 4.69) is 99.6 Å². The molecule has 1 aliphatic carbocycles. The van der Waals surface area contributed by atoms with Crippen LogP contribution in [-0.4, -0.2) is 19.4 Å². The molecule has 0 spiro atoms. The van der Waals surface area contributed by atoms with Gasteiger partial charge in [-0.05, 0) is 64.5 Å². The number of carbonyl (C=O) groups is 1. The van der Waals surface area contributed by atoms with E-state index in [1.807, 2.05) is 12.1 Å². The summed E-state index contributed by atoms with van der Waals surface area (Å²) in [5.74, 6) is 1.98. The molecular weight excluding hydrogens is 526 g/mol. The maximum atomic E-state index is 13.7. The molecule has 1 atom stereocenters. The second-order valence-corrected chi connectivity index (χ2v) is 12.5. The lowest BCUT2D eigenvalue weighted by Gasteiger charge is -2.23. The molecule has 3 nitrogen and oxygen atoms in total. The van der Waals surface area contributed by atoms with Crippen molar-refractivity contribution in [2.45, 2.75) is 77.0 Å². The van der Waals surface area contributed by atoms with E-state index in [1.165, 1.54) is 43.2 Å². The Kier molecular flexibility index (Phi) is 11.6. The Morgan fingerprint density at radius 3 is 2.05 bits per heavy atom. The Balaban J connectivity index is 1.53. The predicted molar refractivity (Wildman–Crippen MR) is 182 cm³/mol. The molecule has 0 amide bonds. The average molecular weight is 576 g/mol. The van der Waals surface area contributed by atoms with Crippen molar-refractivity contribution in [3.63, 3.8) is 0 Å². The zero-order valence-electron chi connectivity index (χ0n) is 26.5. The molecule has 0 saturated heterocycles. The van der Waals surface area contributed by atoms with Crippen molar-refractivity contribution in [2.75, 3.05) is 13.7 Å². The van der Waals surface area contributed by atoms with E-state index >= 15 is 0 Å². The quantitative estimate of drug-likeness (QED) is 0.145. The third-order valence-electron chi connectivity index (χ3n) is 8.78. The number of methoxy groups -OCH3 is 1. The van der Waals surface area contributed by atoms with Crippen LogP contribution in [0.25, 0.3) is 11.3 Å². The first-order chi connectivity index (χ1) is 20.7. The van der Waals surface area contributed by atoms with Crippen molar-refractivity contribution in [2.24, 2.45) is 5.92 Å². The van der Waals surface area contributed by atoms with Gasteiger partial charge in [-0.2, -0.15) is 0 Å². The van der Waals surface area contributed by atoms with Crippen LogP contribution in [-0.2, 0) is 11.2 Å². The fourth-order valence-corrected chi connectivity index (χ4v) is 6.12. The minimum Gasteiger partial charge on any atom is -0.502 e. The maximum Gasteiger partial charge on any atom is 0.163 e. The predicted octanol–water partition coefficient (Wildman–Crippen LogP) is 10.1. The van der Waals surface area contributed by atoms with Crippen LogP contribution in [0.15, 0.2) is 98.3 Å². The van der Waals surface area contributed by atoms with Gasteiger partial charge in [-0.15, -0.1) is 0 Å². The molecule has 0 aliphatic heterocycles.